The van der Waals surface area contributed by atoms with Gasteiger partial charge in [0, 0.05) is 17.8 Å². The van der Waals surface area contributed by atoms with Gasteiger partial charge in [0.2, 0.25) is 0 Å². The Bertz CT molecular complexity index is 818. The lowest BCUT2D eigenvalue weighted by atomic mass is 9.97. The number of aromatic nitrogens is 1. The summed E-state index contributed by atoms with van der Waals surface area (Å²) in [4.78, 5) is 11.8. The minimum Gasteiger partial charge on any atom is -0.478 e. The van der Waals surface area contributed by atoms with Crippen molar-refractivity contribution in [2.75, 3.05) is 0 Å². The molecule has 3 aromatic rings. The summed E-state index contributed by atoms with van der Waals surface area (Å²) in [6.07, 6.45) is 1.75. The monoisotopic (exact) mass is 305 g/mol. The summed E-state index contributed by atoms with van der Waals surface area (Å²) < 4.78 is 2.04. The van der Waals surface area contributed by atoms with E-state index >= 15 is 0 Å². The third kappa shape index (κ3) is 2.78. The van der Waals surface area contributed by atoms with Gasteiger partial charge in [0.25, 0.3) is 0 Å². The van der Waals surface area contributed by atoms with Crippen LogP contribution in [-0.2, 0) is 0 Å². The third-order valence-corrected chi connectivity index (χ3v) is 3.93. The van der Waals surface area contributed by atoms with Crippen LogP contribution in [0.1, 0.15) is 30.2 Å². The van der Waals surface area contributed by atoms with Crippen molar-refractivity contribution in [2.45, 2.75) is 19.9 Å². The second kappa shape index (κ2) is 6.13. The van der Waals surface area contributed by atoms with E-state index in [1.54, 1.807) is 6.20 Å². The van der Waals surface area contributed by atoms with Crippen LogP contribution in [0.25, 0.3) is 22.4 Å². The highest BCUT2D eigenvalue weighted by molar-refractivity contribution is 6.01. The number of benzene rings is 2. The molecule has 1 N–H and O–H groups in total. The molecule has 0 bridgehead atoms. The van der Waals surface area contributed by atoms with E-state index in [-0.39, 0.29) is 6.04 Å². The standard InChI is InChI=1S/C20H19NO2/c1-14(2)21-13-17(20(22)23)18(15-9-5-3-6-10-15)19(21)16-11-7-4-8-12-16/h3-14H,1-2H3,(H,22,23). The molecule has 0 aliphatic rings. The van der Waals surface area contributed by atoms with Crippen LogP contribution in [0.15, 0.2) is 66.9 Å². The quantitative estimate of drug-likeness (QED) is 0.728. The highest BCUT2D eigenvalue weighted by Crippen LogP contribution is 2.38. The Morgan fingerprint density at radius 2 is 1.43 bits per heavy atom. The van der Waals surface area contributed by atoms with Crippen molar-refractivity contribution in [1.82, 2.24) is 4.57 Å². The van der Waals surface area contributed by atoms with Gasteiger partial charge in [-0.1, -0.05) is 60.7 Å². The molecule has 3 rings (SSSR count). The number of hydrogen-bond acceptors (Lipinski definition) is 1. The lowest BCUT2D eigenvalue weighted by molar-refractivity contribution is 0.0697. The Labute approximate surface area is 135 Å². The van der Waals surface area contributed by atoms with Crippen LogP contribution in [0, 0.1) is 0 Å². The summed E-state index contributed by atoms with van der Waals surface area (Å²) in [5.74, 6) is -0.902. The lowest BCUT2D eigenvalue weighted by Gasteiger charge is -2.15. The molecule has 0 aliphatic carbocycles. The van der Waals surface area contributed by atoms with Gasteiger partial charge in [-0.15, -0.1) is 0 Å². The average Bonchev–Trinajstić information content (AvgIpc) is 2.97. The van der Waals surface area contributed by atoms with Crippen LogP contribution in [0.4, 0.5) is 0 Å². The maximum Gasteiger partial charge on any atom is 0.337 e. The van der Waals surface area contributed by atoms with E-state index in [1.165, 1.54) is 0 Å². The largest absolute Gasteiger partial charge is 0.478 e. The molecule has 0 radical (unpaired) electrons. The molecular formula is C20H19NO2. The number of hydrogen-bond donors (Lipinski definition) is 1. The maximum absolute atomic E-state index is 11.8. The van der Waals surface area contributed by atoms with Crippen molar-refractivity contribution >= 4 is 5.97 Å². The fourth-order valence-electron chi connectivity index (χ4n) is 2.88. The van der Waals surface area contributed by atoms with Gasteiger partial charge in [-0.2, -0.15) is 0 Å². The van der Waals surface area contributed by atoms with Crippen molar-refractivity contribution < 1.29 is 9.90 Å². The van der Waals surface area contributed by atoms with Crippen molar-refractivity contribution in [1.29, 1.82) is 0 Å². The zero-order valence-electron chi connectivity index (χ0n) is 13.2. The molecule has 3 nitrogen and oxygen atoms in total. The van der Waals surface area contributed by atoms with E-state index in [4.69, 9.17) is 0 Å². The molecule has 0 saturated carbocycles. The average molecular weight is 305 g/mol. The third-order valence-electron chi connectivity index (χ3n) is 3.93. The Morgan fingerprint density at radius 1 is 0.913 bits per heavy atom. The van der Waals surface area contributed by atoms with Crippen molar-refractivity contribution in [3.63, 3.8) is 0 Å². The SMILES string of the molecule is CC(C)n1cc(C(=O)O)c(-c2ccccc2)c1-c1ccccc1. The first kappa shape index (κ1) is 15.1. The number of carbonyl (C=O) groups is 1. The van der Waals surface area contributed by atoms with E-state index in [2.05, 4.69) is 13.8 Å². The highest BCUT2D eigenvalue weighted by Gasteiger charge is 2.23. The van der Waals surface area contributed by atoms with Gasteiger partial charge in [-0.05, 0) is 25.0 Å². The smallest absolute Gasteiger partial charge is 0.337 e. The minimum atomic E-state index is -0.902. The fourth-order valence-corrected chi connectivity index (χ4v) is 2.88. The molecule has 0 unspecified atom stereocenters. The van der Waals surface area contributed by atoms with E-state index in [0.29, 0.717) is 5.56 Å². The zero-order valence-corrected chi connectivity index (χ0v) is 13.2. The summed E-state index contributed by atoms with van der Waals surface area (Å²) >= 11 is 0. The molecule has 2 aromatic carbocycles. The van der Waals surface area contributed by atoms with E-state index in [1.807, 2.05) is 65.2 Å². The molecule has 23 heavy (non-hydrogen) atoms. The van der Waals surface area contributed by atoms with Crippen molar-refractivity contribution in [3.05, 3.63) is 72.4 Å². The summed E-state index contributed by atoms with van der Waals surface area (Å²) in [6.45, 7) is 4.12. The molecule has 1 aromatic heterocycles. The number of carboxylic acids is 1. The number of carboxylic acid groups (broad SMARTS) is 1. The van der Waals surface area contributed by atoms with Gasteiger partial charge >= 0.3 is 5.97 Å². The van der Waals surface area contributed by atoms with Gasteiger partial charge in [0.15, 0.2) is 0 Å². The van der Waals surface area contributed by atoms with Crippen LogP contribution in [0.5, 0.6) is 0 Å². The van der Waals surface area contributed by atoms with Crippen molar-refractivity contribution in [2.24, 2.45) is 0 Å². The zero-order chi connectivity index (χ0) is 16.4. The second-order valence-electron chi connectivity index (χ2n) is 5.80. The Morgan fingerprint density at radius 3 is 1.91 bits per heavy atom. The Kier molecular flexibility index (Phi) is 4.02. The number of rotatable bonds is 4. The number of nitrogens with zero attached hydrogens (tertiary/aromatic N) is 1. The van der Waals surface area contributed by atoms with Crippen LogP contribution in [0.3, 0.4) is 0 Å². The molecule has 0 fully saturated rings. The van der Waals surface area contributed by atoms with Gasteiger partial charge in [-0.3, -0.25) is 0 Å². The molecular weight excluding hydrogens is 286 g/mol. The molecule has 116 valence electrons. The predicted molar refractivity (Wildman–Crippen MR) is 92.6 cm³/mol. The molecule has 1 heterocycles. The topological polar surface area (TPSA) is 42.2 Å². The molecule has 0 spiro atoms. The van der Waals surface area contributed by atoms with Gasteiger partial charge < -0.3 is 9.67 Å². The highest BCUT2D eigenvalue weighted by atomic mass is 16.4. The van der Waals surface area contributed by atoms with Gasteiger partial charge in [-0.25, -0.2) is 4.79 Å². The molecule has 0 atom stereocenters. The van der Waals surface area contributed by atoms with Crippen LogP contribution >= 0.6 is 0 Å². The summed E-state index contributed by atoms with van der Waals surface area (Å²) in [7, 11) is 0. The van der Waals surface area contributed by atoms with Crippen LogP contribution in [0.2, 0.25) is 0 Å². The first-order valence-electron chi connectivity index (χ1n) is 7.68. The summed E-state index contributed by atoms with van der Waals surface area (Å²) in [5.41, 5.74) is 4.00. The van der Waals surface area contributed by atoms with Gasteiger partial charge in [0.1, 0.15) is 0 Å². The Balaban J connectivity index is 2.37. The Hall–Kier alpha value is -2.81. The predicted octanol–water partition coefficient (Wildman–Crippen LogP) is 5.10. The lowest BCUT2D eigenvalue weighted by Crippen LogP contribution is -2.01. The number of aromatic carboxylic acids is 1. The van der Waals surface area contributed by atoms with Crippen molar-refractivity contribution in [3.8, 4) is 22.4 Å². The summed E-state index contributed by atoms with van der Waals surface area (Å²) in [6, 6.07) is 19.8. The first-order chi connectivity index (χ1) is 11.1. The van der Waals surface area contributed by atoms with Gasteiger partial charge in [0.05, 0.1) is 11.3 Å². The molecule has 3 heteroatoms. The van der Waals surface area contributed by atoms with E-state index in [9.17, 15) is 9.90 Å². The van der Waals surface area contributed by atoms with Crippen LogP contribution < -0.4 is 0 Å². The van der Waals surface area contributed by atoms with Crippen LogP contribution in [-0.4, -0.2) is 15.6 Å². The molecule has 0 saturated heterocycles. The van der Waals surface area contributed by atoms with E-state index in [0.717, 1.165) is 22.4 Å². The first-order valence-corrected chi connectivity index (χ1v) is 7.68. The minimum absolute atomic E-state index is 0.167. The van der Waals surface area contributed by atoms with E-state index < -0.39 is 5.97 Å². The molecule has 0 amide bonds. The maximum atomic E-state index is 11.8. The fraction of sp³-hybridized carbons (Fsp3) is 0.150. The normalized spacial score (nSPS) is 10.9. The molecule has 0 aliphatic heterocycles. The summed E-state index contributed by atoms with van der Waals surface area (Å²) in [5, 5.41) is 9.68. The second-order valence-corrected chi connectivity index (χ2v) is 5.80.